The van der Waals surface area contributed by atoms with Crippen LogP contribution in [0, 0.1) is 0 Å². The van der Waals surface area contributed by atoms with Crippen molar-refractivity contribution in [3.63, 3.8) is 0 Å². The van der Waals surface area contributed by atoms with Crippen LogP contribution in [0.5, 0.6) is 0 Å². The molecule has 0 unspecified atom stereocenters. The minimum Gasteiger partial charge on any atom is -0.445 e. The van der Waals surface area contributed by atoms with Gasteiger partial charge in [0, 0.05) is 17.6 Å². The average Bonchev–Trinajstić information content (AvgIpc) is 3.16. The minimum atomic E-state index is -0.369. The molecule has 1 aliphatic rings. The first kappa shape index (κ1) is 18.7. The Balaban J connectivity index is 1.56. The van der Waals surface area contributed by atoms with Gasteiger partial charge >= 0.3 is 6.09 Å². The van der Waals surface area contributed by atoms with Gasteiger partial charge < -0.3 is 15.0 Å². The Bertz CT molecular complexity index is 685. The third kappa shape index (κ3) is 6.04. The van der Waals surface area contributed by atoms with Gasteiger partial charge in [0.1, 0.15) is 6.61 Å². The summed E-state index contributed by atoms with van der Waals surface area (Å²) in [7, 11) is 0. The van der Waals surface area contributed by atoms with E-state index in [0.717, 1.165) is 42.2 Å². The molecule has 0 aliphatic carbocycles. The van der Waals surface area contributed by atoms with E-state index in [9.17, 15) is 4.79 Å². The van der Waals surface area contributed by atoms with Crippen molar-refractivity contribution >= 4 is 17.7 Å². The number of ether oxygens (including phenoxy) is 1. The number of benzene rings is 2. The largest absolute Gasteiger partial charge is 0.445 e. The Hall–Kier alpha value is -2.04. The maximum Gasteiger partial charge on any atom is 0.407 e. The van der Waals surface area contributed by atoms with Crippen LogP contribution >= 0.6 is 11.6 Å². The normalized spacial score (nSPS) is 15.6. The van der Waals surface area contributed by atoms with Crippen LogP contribution in [0.4, 0.5) is 4.79 Å². The first-order valence-corrected chi connectivity index (χ1v) is 9.51. The molecule has 1 heterocycles. The SMILES string of the molecule is O=C(N[C@@H](Cc1ccc(Cl)cc1)CN1CCCC1)OCc1ccccc1. The monoisotopic (exact) mass is 372 g/mol. The number of halogens is 1. The highest BCUT2D eigenvalue weighted by atomic mass is 35.5. The van der Waals surface area contributed by atoms with Gasteiger partial charge in [-0.2, -0.15) is 0 Å². The topological polar surface area (TPSA) is 41.6 Å². The fourth-order valence-electron chi connectivity index (χ4n) is 3.27. The number of carbonyl (C=O) groups excluding carboxylic acids is 1. The number of nitrogens with zero attached hydrogens (tertiary/aromatic N) is 1. The van der Waals surface area contributed by atoms with Crippen LogP contribution < -0.4 is 5.32 Å². The highest BCUT2D eigenvalue weighted by molar-refractivity contribution is 6.30. The number of hydrogen-bond acceptors (Lipinski definition) is 3. The van der Waals surface area contributed by atoms with E-state index in [-0.39, 0.29) is 18.7 Å². The van der Waals surface area contributed by atoms with Gasteiger partial charge in [-0.25, -0.2) is 4.79 Å². The second kappa shape index (κ2) is 9.60. The molecule has 4 nitrogen and oxygen atoms in total. The lowest BCUT2D eigenvalue weighted by Gasteiger charge is -2.24. The summed E-state index contributed by atoms with van der Waals surface area (Å²) in [6, 6.07) is 17.5. The van der Waals surface area contributed by atoms with E-state index in [1.54, 1.807) is 0 Å². The van der Waals surface area contributed by atoms with Crippen LogP contribution in [0.25, 0.3) is 0 Å². The number of likely N-dealkylation sites (tertiary alicyclic amines) is 1. The molecule has 2 aromatic carbocycles. The highest BCUT2D eigenvalue weighted by Gasteiger charge is 2.20. The smallest absolute Gasteiger partial charge is 0.407 e. The molecule has 1 fully saturated rings. The van der Waals surface area contributed by atoms with Gasteiger partial charge in [-0.05, 0) is 55.6 Å². The zero-order valence-corrected chi connectivity index (χ0v) is 15.6. The number of hydrogen-bond donors (Lipinski definition) is 1. The lowest BCUT2D eigenvalue weighted by atomic mass is 10.1. The molecule has 1 saturated heterocycles. The molecular formula is C21H25ClN2O2. The molecule has 138 valence electrons. The van der Waals surface area contributed by atoms with Crippen LogP contribution in [0.1, 0.15) is 24.0 Å². The van der Waals surface area contributed by atoms with Crippen molar-refractivity contribution in [3.05, 3.63) is 70.7 Å². The summed E-state index contributed by atoms with van der Waals surface area (Å²) in [4.78, 5) is 14.7. The maximum absolute atomic E-state index is 12.3. The van der Waals surface area contributed by atoms with Crippen molar-refractivity contribution in [3.8, 4) is 0 Å². The molecule has 0 saturated carbocycles. The maximum atomic E-state index is 12.3. The standard InChI is InChI=1S/C21H25ClN2O2/c22-19-10-8-17(9-11-19)14-20(15-24-12-4-5-13-24)23-21(25)26-16-18-6-2-1-3-7-18/h1-3,6-11,20H,4-5,12-16H2,(H,23,25)/t20-/m0/s1. The third-order valence-corrected chi connectivity index (χ3v) is 4.86. The Kier molecular flexibility index (Phi) is 6.92. The van der Waals surface area contributed by atoms with E-state index in [1.807, 2.05) is 54.6 Å². The van der Waals surface area contributed by atoms with E-state index in [0.29, 0.717) is 0 Å². The molecule has 1 N–H and O–H groups in total. The second-order valence-corrected chi connectivity index (χ2v) is 7.18. The van der Waals surface area contributed by atoms with E-state index >= 15 is 0 Å². The van der Waals surface area contributed by atoms with E-state index in [2.05, 4.69) is 10.2 Å². The Morgan fingerprint density at radius 2 is 1.73 bits per heavy atom. The van der Waals surface area contributed by atoms with Crippen molar-refractivity contribution in [1.29, 1.82) is 0 Å². The second-order valence-electron chi connectivity index (χ2n) is 6.74. The van der Waals surface area contributed by atoms with Gasteiger partial charge in [0.15, 0.2) is 0 Å². The fourth-order valence-corrected chi connectivity index (χ4v) is 3.40. The molecule has 0 aromatic heterocycles. The van der Waals surface area contributed by atoms with Crippen LogP contribution in [0.2, 0.25) is 5.02 Å². The van der Waals surface area contributed by atoms with Gasteiger partial charge in [0.05, 0.1) is 0 Å². The molecular weight excluding hydrogens is 348 g/mol. The van der Waals surface area contributed by atoms with Gasteiger partial charge in [-0.1, -0.05) is 54.1 Å². The zero-order chi connectivity index (χ0) is 18.2. The summed E-state index contributed by atoms with van der Waals surface area (Å²) in [6.45, 7) is 3.31. The summed E-state index contributed by atoms with van der Waals surface area (Å²) >= 11 is 5.97. The Morgan fingerprint density at radius 3 is 2.42 bits per heavy atom. The van der Waals surface area contributed by atoms with Crippen LogP contribution in [-0.2, 0) is 17.8 Å². The molecule has 0 bridgehead atoms. The lowest BCUT2D eigenvalue weighted by Crippen LogP contribution is -2.44. The number of amides is 1. The molecule has 0 spiro atoms. The van der Waals surface area contributed by atoms with Crippen molar-refractivity contribution in [2.45, 2.75) is 31.9 Å². The molecule has 1 aliphatic heterocycles. The molecule has 1 atom stereocenters. The van der Waals surface area contributed by atoms with Gasteiger partial charge in [-0.15, -0.1) is 0 Å². The molecule has 2 aromatic rings. The van der Waals surface area contributed by atoms with Crippen molar-refractivity contribution in [2.75, 3.05) is 19.6 Å². The van der Waals surface area contributed by atoms with E-state index in [1.165, 1.54) is 12.8 Å². The van der Waals surface area contributed by atoms with E-state index < -0.39 is 0 Å². The van der Waals surface area contributed by atoms with Crippen LogP contribution in [0.15, 0.2) is 54.6 Å². The average molecular weight is 373 g/mol. The third-order valence-electron chi connectivity index (χ3n) is 4.61. The van der Waals surface area contributed by atoms with Gasteiger partial charge in [-0.3, -0.25) is 0 Å². The summed E-state index contributed by atoms with van der Waals surface area (Å²) < 4.78 is 5.39. The summed E-state index contributed by atoms with van der Waals surface area (Å²) in [5, 5.41) is 3.76. The molecule has 0 radical (unpaired) electrons. The molecule has 5 heteroatoms. The predicted octanol–water partition coefficient (Wildman–Crippen LogP) is 4.27. The lowest BCUT2D eigenvalue weighted by molar-refractivity contribution is 0.132. The predicted molar refractivity (Wildman–Crippen MR) is 104 cm³/mol. The zero-order valence-electron chi connectivity index (χ0n) is 14.9. The van der Waals surface area contributed by atoms with Crippen LogP contribution in [0.3, 0.4) is 0 Å². The summed E-state index contributed by atoms with van der Waals surface area (Å²) in [5.74, 6) is 0. The van der Waals surface area contributed by atoms with Crippen molar-refractivity contribution in [1.82, 2.24) is 10.2 Å². The van der Waals surface area contributed by atoms with Crippen molar-refractivity contribution < 1.29 is 9.53 Å². The number of carbonyl (C=O) groups is 1. The first-order chi connectivity index (χ1) is 12.7. The molecule has 1 amide bonds. The Morgan fingerprint density at radius 1 is 1.04 bits per heavy atom. The van der Waals surface area contributed by atoms with Crippen LogP contribution in [-0.4, -0.2) is 36.7 Å². The minimum absolute atomic E-state index is 0.0116. The summed E-state index contributed by atoms with van der Waals surface area (Å²) in [6.07, 6.45) is 2.85. The van der Waals surface area contributed by atoms with Crippen molar-refractivity contribution in [2.24, 2.45) is 0 Å². The molecule has 3 rings (SSSR count). The quantitative estimate of drug-likeness (QED) is 0.789. The summed E-state index contributed by atoms with van der Waals surface area (Å²) in [5.41, 5.74) is 2.14. The number of alkyl carbamates (subject to hydrolysis) is 1. The molecule has 26 heavy (non-hydrogen) atoms. The number of nitrogens with one attached hydrogen (secondary N) is 1. The number of rotatable bonds is 7. The van der Waals surface area contributed by atoms with Gasteiger partial charge in [0.2, 0.25) is 0 Å². The Labute approximate surface area is 160 Å². The fraction of sp³-hybridized carbons (Fsp3) is 0.381. The first-order valence-electron chi connectivity index (χ1n) is 9.13. The van der Waals surface area contributed by atoms with Gasteiger partial charge in [0.25, 0.3) is 0 Å². The van der Waals surface area contributed by atoms with E-state index in [4.69, 9.17) is 16.3 Å². The highest BCUT2D eigenvalue weighted by Crippen LogP contribution is 2.14.